The van der Waals surface area contributed by atoms with Gasteiger partial charge in [0.25, 0.3) is 5.92 Å². The minimum absolute atomic E-state index is 0.212. The third-order valence-corrected chi connectivity index (χ3v) is 1.85. The summed E-state index contributed by atoms with van der Waals surface area (Å²) >= 11 is 0. The highest BCUT2D eigenvalue weighted by atomic mass is 19.3. The van der Waals surface area contributed by atoms with Crippen LogP contribution in [0.1, 0.15) is 24.6 Å². The lowest BCUT2D eigenvalue weighted by Gasteiger charge is -2.13. The van der Waals surface area contributed by atoms with E-state index in [1.165, 1.54) is 13.0 Å². The fourth-order valence-electron chi connectivity index (χ4n) is 1.10. The van der Waals surface area contributed by atoms with Crippen LogP contribution in [0.5, 0.6) is 0 Å². The number of halogens is 2. The standard InChI is InChI=1S/C9H11F2NO/c1-3-9(10,11)7-4-6(2)12-8(13)5-7/h4-5H,3H2,1-2H3,(H,12,13). The summed E-state index contributed by atoms with van der Waals surface area (Å²) in [7, 11) is 0. The Morgan fingerprint density at radius 1 is 1.46 bits per heavy atom. The number of aromatic nitrogens is 1. The molecule has 2 nitrogen and oxygen atoms in total. The summed E-state index contributed by atoms with van der Waals surface area (Å²) < 4.78 is 26.2. The summed E-state index contributed by atoms with van der Waals surface area (Å²) in [5.41, 5.74) is -0.241. The average Bonchev–Trinajstić information content (AvgIpc) is 2.02. The topological polar surface area (TPSA) is 32.9 Å². The number of H-pyrrole nitrogens is 1. The van der Waals surface area contributed by atoms with E-state index in [1.807, 2.05) is 0 Å². The summed E-state index contributed by atoms with van der Waals surface area (Å²) in [6, 6.07) is 2.24. The van der Waals surface area contributed by atoms with Gasteiger partial charge in [-0.15, -0.1) is 0 Å². The van der Waals surface area contributed by atoms with Crippen molar-refractivity contribution in [2.75, 3.05) is 0 Å². The molecule has 0 aliphatic carbocycles. The van der Waals surface area contributed by atoms with Crippen LogP contribution in [0.15, 0.2) is 16.9 Å². The molecule has 0 aliphatic heterocycles. The van der Waals surface area contributed by atoms with E-state index in [0.29, 0.717) is 5.69 Å². The Hall–Kier alpha value is -1.19. The van der Waals surface area contributed by atoms with Crippen molar-refractivity contribution in [2.24, 2.45) is 0 Å². The largest absolute Gasteiger partial charge is 0.326 e. The number of hydrogen-bond donors (Lipinski definition) is 1. The monoisotopic (exact) mass is 187 g/mol. The van der Waals surface area contributed by atoms with Gasteiger partial charge in [0, 0.05) is 23.7 Å². The lowest BCUT2D eigenvalue weighted by Crippen LogP contribution is -2.17. The van der Waals surface area contributed by atoms with Crippen LogP contribution in [0, 0.1) is 6.92 Å². The molecule has 1 N–H and O–H groups in total. The average molecular weight is 187 g/mol. The van der Waals surface area contributed by atoms with Gasteiger partial charge >= 0.3 is 0 Å². The summed E-state index contributed by atoms with van der Waals surface area (Å²) in [4.78, 5) is 13.3. The van der Waals surface area contributed by atoms with Crippen molar-refractivity contribution < 1.29 is 8.78 Å². The highest BCUT2D eigenvalue weighted by Crippen LogP contribution is 2.30. The Kier molecular flexibility index (Phi) is 2.50. The van der Waals surface area contributed by atoms with Gasteiger partial charge in [0.2, 0.25) is 5.56 Å². The fourth-order valence-corrected chi connectivity index (χ4v) is 1.10. The maximum Gasteiger partial charge on any atom is 0.273 e. The van der Waals surface area contributed by atoms with Gasteiger partial charge in [-0.3, -0.25) is 4.79 Å². The minimum Gasteiger partial charge on any atom is -0.326 e. The molecule has 0 radical (unpaired) electrons. The first kappa shape index (κ1) is 9.89. The Morgan fingerprint density at radius 2 is 2.08 bits per heavy atom. The number of rotatable bonds is 2. The number of nitrogens with one attached hydrogen (secondary N) is 1. The van der Waals surface area contributed by atoms with E-state index < -0.39 is 11.5 Å². The van der Waals surface area contributed by atoms with Crippen molar-refractivity contribution in [3.63, 3.8) is 0 Å². The van der Waals surface area contributed by atoms with E-state index in [2.05, 4.69) is 4.98 Å². The molecule has 72 valence electrons. The van der Waals surface area contributed by atoms with Gasteiger partial charge in [0.1, 0.15) is 0 Å². The first-order chi connectivity index (χ1) is 5.95. The van der Waals surface area contributed by atoms with Crippen molar-refractivity contribution in [3.8, 4) is 0 Å². The van der Waals surface area contributed by atoms with Crippen molar-refractivity contribution >= 4 is 0 Å². The molecule has 0 aromatic carbocycles. The molecule has 0 aliphatic rings. The second kappa shape index (κ2) is 3.28. The predicted octanol–water partition coefficient (Wildman–Crippen LogP) is 2.19. The van der Waals surface area contributed by atoms with Crippen molar-refractivity contribution in [3.05, 3.63) is 33.7 Å². The van der Waals surface area contributed by atoms with Gasteiger partial charge in [0.15, 0.2) is 0 Å². The lowest BCUT2D eigenvalue weighted by molar-refractivity contribution is -0.00852. The number of pyridine rings is 1. The third kappa shape index (κ3) is 2.14. The molecular formula is C9H11F2NO. The van der Waals surface area contributed by atoms with E-state index in [-0.39, 0.29) is 12.0 Å². The Labute approximate surface area is 74.6 Å². The van der Waals surface area contributed by atoms with Gasteiger partial charge in [0.05, 0.1) is 0 Å². The molecule has 13 heavy (non-hydrogen) atoms. The Bertz CT molecular complexity index is 357. The molecule has 0 saturated carbocycles. The van der Waals surface area contributed by atoms with Gasteiger partial charge < -0.3 is 4.98 Å². The van der Waals surface area contributed by atoms with Crippen molar-refractivity contribution in [1.29, 1.82) is 0 Å². The molecule has 0 saturated heterocycles. The summed E-state index contributed by atoms with van der Waals surface area (Å²) in [6.07, 6.45) is -0.296. The first-order valence-electron chi connectivity index (χ1n) is 4.05. The minimum atomic E-state index is -2.90. The number of aryl methyl sites for hydroxylation is 1. The van der Waals surface area contributed by atoms with Crippen molar-refractivity contribution in [1.82, 2.24) is 4.98 Å². The summed E-state index contributed by atoms with van der Waals surface area (Å²) in [5.74, 6) is -2.90. The van der Waals surface area contributed by atoms with E-state index in [0.717, 1.165) is 6.07 Å². The van der Waals surface area contributed by atoms with Gasteiger partial charge in [-0.1, -0.05) is 6.92 Å². The van der Waals surface area contributed by atoms with E-state index in [4.69, 9.17) is 0 Å². The van der Waals surface area contributed by atoms with Crippen LogP contribution in [-0.2, 0) is 5.92 Å². The van der Waals surface area contributed by atoms with Crippen LogP contribution in [-0.4, -0.2) is 4.98 Å². The fraction of sp³-hybridized carbons (Fsp3) is 0.444. The SMILES string of the molecule is CCC(F)(F)c1cc(C)[nH]c(=O)c1. The zero-order valence-corrected chi connectivity index (χ0v) is 7.53. The van der Waals surface area contributed by atoms with Gasteiger partial charge in [-0.05, 0) is 13.0 Å². The smallest absolute Gasteiger partial charge is 0.273 e. The zero-order chi connectivity index (χ0) is 10.1. The van der Waals surface area contributed by atoms with Crippen LogP contribution in [0.2, 0.25) is 0 Å². The predicted molar refractivity (Wildman–Crippen MR) is 46.0 cm³/mol. The second-order valence-corrected chi connectivity index (χ2v) is 2.97. The Morgan fingerprint density at radius 3 is 2.54 bits per heavy atom. The molecule has 4 heteroatoms. The van der Waals surface area contributed by atoms with E-state index in [9.17, 15) is 13.6 Å². The third-order valence-electron chi connectivity index (χ3n) is 1.85. The molecule has 0 unspecified atom stereocenters. The molecule has 1 rings (SSSR count). The number of aromatic amines is 1. The number of alkyl halides is 2. The van der Waals surface area contributed by atoms with E-state index in [1.54, 1.807) is 6.92 Å². The highest BCUT2D eigenvalue weighted by molar-refractivity contribution is 5.20. The van der Waals surface area contributed by atoms with Crippen LogP contribution in [0.3, 0.4) is 0 Å². The van der Waals surface area contributed by atoms with Gasteiger partial charge in [-0.25, -0.2) is 8.78 Å². The molecule has 0 atom stereocenters. The van der Waals surface area contributed by atoms with E-state index >= 15 is 0 Å². The highest BCUT2D eigenvalue weighted by Gasteiger charge is 2.29. The maximum atomic E-state index is 13.1. The molecule has 0 fully saturated rings. The van der Waals surface area contributed by atoms with Crippen LogP contribution in [0.25, 0.3) is 0 Å². The van der Waals surface area contributed by atoms with Gasteiger partial charge in [-0.2, -0.15) is 0 Å². The zero-order valence-electron chi connectivity index (χ0n) is 7.53. The Balaban J connectivity index is 3.23. The second-order valence-electron chi connectivity index (χ2n) is 2.97. The quantitative estimate of drug-likeness (QED) is 0.756. The lowest BCUT2D eigenvalue weighted by atomic mass is 10.1. The maximum absolute atomic E-state index is 13.1. The molecule has 0 spiro atoms. The van der Waals surface area contributed by atoms with Crippen LogP contribution in [0.4, 0.5) is 8.78 Å². The molecule has 1 aromatic rings. The summed E-state index contributed by atoms with van der Waals surface area (Å²) in [6.45, 7) is 2.97. The molecule has 1 aromatic heterocycles. The molecule has 0 bridgehead atoms. The summed E-state index contributed by atoms with van der Waals surface area (Å²) in [5, 5.41) is 0. The molecular weight excluding hydrogens is 176 g/mol. The molecule has 1 heterocycles. The molecule has 0 amide bonds. The van der Waals surface area contributed by atoms with Crippen molar-refractivity contribution in [2.45, 2.75) is 26.2 Å². The normalized spacial score (nSPS) is 11.7. The van der Waals surface area contributed by atoms with Crippen LogP contribution < -0.4 is 5.56 Å². The van der Waals surface area contributed by atoms with Crippen LogP contribution >= 0.6 is 0 Å². The number of hydrogen-bond acceptors (Lipinski definition) is 1. The first-order valence-corrected chi connectivity index (χ1v) is 4.05.